The van der Waals surface area contributed by atoms with Gasteiger partial charge in [-0.3, -0.25) is 0 Å². The van der Waals surface area contributed by atoms with Crippen molar-refractivity contribution >= 4 is 11.8 Å². The van der Waals surface area contributed by atoms with E-state index in [1.54, 1.807) is 0 Å². The summed E-state index contributed by atoms with van der Waals surface area (Å²) in [5.41, 5.74) is 3.29. The number of oxime groups is 1. The zero-order chi connectivity index (χ0) is 15.4. The first kappa shape index (κ1) is 14.6. The third-order valence-corrected chi connectivity index (χ3v) is 4.19. The number of rotatable bonds is 4. The highest BCUT2D eigenvalue weighted by molar-refractivity contribution is 6.05. The number of hydrogen-bond donors (Lipinski definition) is 0. The minimum atomic E-state index is -0.0949. The van der Waals surface area contributed by atoms with Crippen molar-refractivity contribution in [1.29, 1.82) is 0 Å². The highest BCUT2D eigenvalue weighted by Crippen LogP contribution is 2.36. The molecule has 112 valence electrons. The van der Waals surface area contributed by atoms with Gasteiger partial charge in [-0.2, -0.15) is 0 Å². The zero-order valence-corrected chi connectivity index (χ0v) is 13.1. The van der Waals surface area contributed by atoms with Gasteiger partial charge in [0.05, 0.1) is 11.1 Å². The molecule has 1 aliphatic rings. The molecule has 1 aliphatic heterocycles. The van der Waals surface area contributed by atoms with Crippen molar-refractivity contribution in [1.82, 2.24) is 0 Å². The molecule has 2 aromatic carbocycles. The van der Waals surface area contributed by atoms with E-state index in [1.165, 1.54) is 5.56 Å². The van der Waals surface area contributed by atoms with Crippen LogP contribution in [0.2, 0.25) is 0 Å². The molecule has 1 heterocycles. The maximum Gasteiger partial charge on any atom is 0.141 e. The molecule has 0 spiro atoms. The first-order valence-corrected chi connectivity index (χ1v) is 7.69. The summed E-state index contributed by atoms with van der Waals surface area (Å²) in [5.74, 6) is 0. The lowest BCUT2D eigenvalue weighted by Gasteiger charge is -2.25. The van der Waals surface area contributed by atoms with Gasteiger partial charge in [-0.1, -0.05) is 91.8 Å². The van der Waals surface area contributed by atoms with E-state index in [1.807, 2.05) is 36.4 Å². The van der Waals surface area contributed by atoms with Gasteiger partial charge in [0.2, 0.25) is 0 Å². The summed E-state index contributed by atoms with van der Waals surface area (Å²) < 4.78 is 0. The second-order valence-electron chi connectivity index (χ2n) is 6.17. The van der Waals surface area contributed by atoms with Crippen LogP contribution in [0.25, 0.3) is 6.08 Å². The van der Waals surface area contributed by atoms with Crippen molar-refractivity contribution in [3.63, 3.8) is 0 Å². The molecule has 0 saturated carbocycles. The van der Waals surface area contributed by atoms with Crippen LogP contribution in [0, 0.1) is 5.41 Å². The molecular weight excluding hydrogens is 270 g/mol. The lowest BCUT2D eigenvalue weighted by Crippen LogP contribution is -2.32. The van der Waals surface area contributed by atoms with Crippen LogP contribution >= 0.6 is 0 Å². The molecule has 22 heavy (non-hydrogen) atoms. The fourth-order valence-electron chi connectivity index (χ4n) is 2.77. The van der Waals surface area contributed by atoms with Crippen molar-refractivity contribution in [2.45, 2.75) is 26.4 Å². The van der Waals surface area contributed by atoms with E-state index in [-0.39, 0.29) is 11.5 Å². The first-order chi connectivity index (χ1) is 10.7. The van der Waals surface area contributed by atoms with Crippen molar-refractivity contribution < 1.29 is 4.84 Å². The fourth-order valence-corrected chi connectivity index (χ4v) is 2.77. The van der Waals surface area contributed by atoms with Crippen LogP contribution < -0.4 is 0 Å². The summed E-state index contributed by atoms with van der Waals surface area (Å²) in [7, 11) is 0. The maximum absolute atomic E-state index is 5.71. The van der Waals surface area contributed by atoms with Crippen molar-refractivity contribution in [3.8, 4) is 0 Å². The van der Waals surface area contributed by atoms with Crippen LogP contribution in [0.15, 0.2) is 71.9 Å². The van der Waals surface area contributed by atoms with Crippen molar-refractivity contribution in [2.75, 3.05) is 0 Å². The van der Waals surface area contributed by atoms with Crippen LogP contribution in [-0.2, 0) is 4.84 Å². The Balaban J connectivity index is 1.69. The van der Waals surface area contributed by atoms with Crippen LogP contribution in [0.4, 0.5) is 0 Å². The molecule has 1 atom stereocenters. The Morgan fingerprint density at radius 2 is 1.64 bits per heavy atom. The lowest BCUT2D eigenvalue weighted by atomic mass is 9.78. The SMILES string of the molecule is CC1(C)C(c2ccccc2)=NOC1C/C=C\c1ccccc1. The second-order valence-corrected chi connectivity index (χ2v) is 6.17. The van der Waals surface area contributed by atoms with Crippen LogP contribution in [-0.4, -0.2) is 11.8 Å². The van der Waals surface area contributed by atoms with Crippen LogP contribution in [0.1, 0.15) is 31.4 Å². The van der Waals surface area contributed by atoms with E-state index in [2.05, 4.69) is 55.4 Å². The van der Waals surface area contributed by atoms with E-state index in [9.17, 15) is 0 Å². The quantitative estimate of drug-likeness (QED) is 0.783. The molecule has 0 radical (unpaired) electrons. The summed E-state index contributed by atoms with van der Waals surface area (Å²) in [6, 6.07) is 20.6. The van der Waals surface area contributed by atoms with Gasteiger partial charge >= 0.3 is 0 Å². The van der Waals surface area contributed by atoms with Crippen LogP contribution in [0.5, 0.6) is 0 Å². The molecule has 0 amide bonds. The molecule has 0 aliphatic carbocycles. The minimum absolute atomic E-state index is 0.0719. The lowest BCUT2D eigenvalue weighted by molar-refractivity contribution is 0.0392. The maximum atomic E-state index is 5.71. The zero-order valence-electron chi connectivity index (χ0n) is 13.1. The fraction of sp³-hybridized carbons (Fsp3) is 0.250. The number of hydrogen-bond acceptors (Lipinski definition) is 2. The molecule has 2 heteroatoms. The molecule has 0 fully saturated rings. The van der Waals surface area contributed by atoms with E-state index >= 15 is 0 Å². The Labute approximate surface area is 132 Å². The van der Waals surface area contributed by atoms with Crippen molar-refractivity contribution in [2.24, 2.45) is 10.6 Å². The third kappa shape index (κ3) is 2.96. The summed E-state index contributed by atoms with van der Waals surface area (Å²) in [4.78, 5) is 5.71. The van der Waals surface area contributed by atoms with Gasteiger partial charge in [-0.15, -0.1) is 0 Å². The summed E-state index contributed by atoms with van der Waals surface area (Å²) in [6.07, 6.45) is 5.23. The first-order valence-electron chi connectivity index (χ1n) is 7.69. The molecule has 2 aromatic rings. The molecular formula is C20H21NO. The Kier molecular flexibility index (Phi) is 4.10. The highest BCUT2D eigenvalue weighted by Gasteiger charge is 2.41. The second kappa shape index (κ2) is 6.18. The predicted molar refractivity (Wildman–Crippen MR) is 91.7 cm³/mol. The standard InChI is InChI=1S/C20H21NO/c1-20(2)18(15-9-12-16-10-5-3-6-11-16)22-21-19(20)17-13-7-4-8-14-17/h3-14,18H,15H2,1-2H3/b12-9-. The Hall–Kier alpha value is -2.35. The minimum Gasteiger partial charge on any atom is -0.391 e. The largest absolute Gasteiger partial charge is 0.391 e. The van der Waals surface area contributed by atoms with Gasteiger partial charge in [-0.05, 0) is 11.1 Å². The summed E-state index contributed by atoms with van der Waals surface area (Å²) >= 11 is 0. The number of benzene rings is 2. The molecule has 3 rings (SSSR count). The topological polar surface area (TPSA) is 21.6 Å². The molecule has 1 unspecified atom stereocenters. The average molecular weight is 291 g/mol. The van der Waals surface area contributed by atoms with E-state index in [4.69, 9.17) is 4.84 Å². The van der Waals surface area contributed by atoms with Crippen LogP contribution in [0.3, 0.4) is 0 Å². The monoisotopic (exact) mass is 291 g/mol. The van der Waals surface area contributed by atoms with Gasteiger partial charge in [0.15, 0.2) is 0 Å². The Morgan fingerprint density at radius 1 is 1.00 bits per heavy atom. The van der Waals surface area contributed by atoms with E-state index in [0.717, 1.165) is 17.7 Å². The normalized spacial score (nSPS) is 19.9. The molecule has 0 saturated heterocycles. The van der Waals surface area contributed by atoms with Gasteiger partial charge in [0.1, 0.15) is 6.10 Å². The summed E-state index contributed by atoms with van der Waals surface area (Å²) in [5, 5.41) is 4.35. The van der Waals surface area contributed by atoms with E-state index < -0.39 is 0 Å². The Bertz CT molecular complexity index is 671. The predicted octanol–water partition coefficient (Wildman–Crippen LogP) is 4.92. The third-order valence-electron chi connectivity index (χ3n) is 4.19. The van der Waals surface area contributed by atoms with E-state index in [0.29, 0.717) is 0 Å². The molecule has 0 bridgehead atoms. The molecule has 0 N–H and O–H groups in total. The molecule has 0 aromatic heterocycles. The van der Waals surface area contributed by atoms with Crippen molar-refractivity contribution in [3.05, 3.63) is 77.9 Å². The van der Waals surface area contributed by atoms with Gasteiger partial charge < -0.3 is 4.84 Å². The Morgan fingerprint density at radius 3 is 2.32 bits per heavy atom. The van der Waals surface area contributed by atoms with Gasteiger partial charge in [0, 0.05) is 6.42 Å². The average Bonchev–Trinajstić information content (AvgIpc) is 2.84. The summed E-state index contributed by atoms with van der Waals surface area (Å²) in [6.45, 7) is 4.40. The smallest absolute Gasteiger partial charge is 0.141 e. The number of nitrogens with zero attached hydrogens (tertiary/aromatic N) is 1. The molecule has 2 nitrogen and oxygen atoms in total. The highest BCUT2D eigenvalue weighted by atomic mass is 16.6. The van der Waals surface area contributed by atoms with Gasteiger partial charge in [-0.25, -0.2) is 0 Å². The van der Waals surface area contributed by atoms with Gasteiger partial charge in [0.25, 0.3) is 0 Å².